The first-order chi connectivity index (χ1) is 14.4. The van der Waals surface area contributed by atoms with E-state index in [0.717, 1.165) is 0 Å². The van der Waals surface area contributed by atoms with Crippen LogP contribution in [0.4, 0.5) is 13.2 Å². The summed E-state index contributed by atoms with van der Waals surface area (Å²) in [5, 5.41) is 11.7. The van der Waals surface area contributed by atoms with Crippen LogP contribution in [-0.2, 0) is 6.54 Å². The summed E-state index contributed by atoms with van der Waals surface area (Å²) in [4.78, 5) is 12.6. The maximum atomic E-state index is 12.6. The largest absolute Gasteiger partial charge is 0.573 e. The van der Waals surface area contributed by atoms with Crippen LogP contribution in [0.3, 0.4) is 0 Å². The Bertz CT molecular complexity index is 1200. The topological polar surface area (TPSA) is 83.5 Å². The number of ether oxygens (including phenoxy) is 2. The van der Waals surface area contributed by atoms with Crippen LogP contribution in [-0.4, -0.2) is 37.3 Å². The van der Waals surface area contributed by atoms with E-state index >= 15 is 0 Å². The molecule has 30 heavy (non-hydrogen) atoms. The maximum Gasteiger partial charge on any atom is 0.573 e. The third kappa shape index (κ3) is 4.40. The number of halogens is 3. The van der Waals surface area contributed by atoms with Crippen LogP contribution in [0.1, 0.15) is 0 Å². The zero-order valence-electron chi connectivity index (χ0n) is 15.3. The van der Waals surface area contributed by atoms with E-state index in [-0.39, 0.29) is 24.6 Å². The minimum atomic E-state index is -4.75. The van der Waals surface area contributed by atoms with Crippen molar-refractivity contribution in [1.82, 2.24) is 24.4 Å². The highest BCUT2D eigenvalue weighted by Crippen LogP contribution is 2.26. The molecular formula is C19H14F3N5O3. The smallest absolute Gasteiger partial charge is 0.475 e. The number of benzene rings is 1. The lowest BCUT2D eigenvalue weighted by Crippen LogP contribution is -2.24. The Balaban J connectivity index is 1.51. The molecule has 0 aliphatic heterocycles. The molecule has 4 rings (SSSR count). The third-order valence-corrected chi connectivity index (χ3v) is 4.10. The van der Waals surface area contributed by atoms with Crippen LogP contribution in [0.25, 0.3) is 16.8 Å². The van der Waals surface area contributed by atoms with Gasteiger partial charge in [0.1, 0.15) is 12.4 Å². The normalized spacial score (nSPS) is 11.6. The minimum absolute atomic E-state index is 0.177. The van der Waals surface area contributed by atoms with Crippen molar-refractivity contribution >= 4 is 5.65 Å². The molecule has 0 aliphatic carbocycles. The minimum Gasteiger partial charge on any atom is -0.475 e. The van der Waals surface area contributed by atoms with Gasteiger partial charge in [-0.25, -0.2) is 13.9 Å². The molecule has 0 atom stereocenters. The van der Waals surface area contributed by atoms with E-state index in [1.165, 1.54) is 39.5 Å². The number of alkyl halides is 3. The Morgan fingerprint density at radius 1 is 1.00 bits per heavy atom. The van der Waals surface area contributed by atoms with Crippen LogP contribution in [0.15, 0.2) is 65.7 Å². The monoisotopic (exact) mass is 417 g/mol. The first kappa shape index (κ1) is 19.4. The van der Waals surface area contributed by atoms with Crippen molar-refractivity contribution < 1.29 is 22.6 Å². The molecule has 0 unspecified atom stereocenters. The van der Waals surface area contributed by atoms with Gasteiger partial charge in [-0.3, -0.25) is 0 Å². The van der Waals surface area contributed by atoms with Gasteiger partial charge in [-0.2, -0.15) is 5.10 Å². The molecule has 0 saturated heterocycles. The molecule has 0 saturated carbocycles. The Morgan fingerprint density at radius 3 is 2.47 bits per heavy atom. The highest BCUT2D eigenvalue weighted by molar-refractivity contribution is 5.65. The van der Waals surface area contributed by atoms with E-state index in [2.05, 4.69) is 20.0 Å². The Morgan fingerprint density at radius 2 is 1.77 bits per heavy atom. The summed E-state index contributed by atoms with van der Waals surface area (Å²) in [5.74, 6) is 0.0231. The maximum absolute atomic E-state index is 12.6. The number of aromatic nitrogens is 5. The molecule has 0 N–H and O–H groups in total. The van der Waals surface area contributed by atoms with Gasteiger partial charge in [0.25, 0.3) is 0 Å². The number of pyridine rings is 1. The first-order valence-electron chi connectivity index (χ1n) is 8.75. The fraction of sp³-hybridized carbons (Fsp3) is 0.158. The zero-order valence-corrected chi connectivity index (χ0v) is 15.3. The van der Waals surface area contributed by atoms with E-state index < -0.39 is 6.36 Å². The van der Waals surface area contributed by atoms with Crippen molar-refractivity contribution in [1.29, 1.82) is 0 Å². The van der Waals surface area contributed by atoms with E-state index in [9.17, 15) is 18.0 Å². The quantitative estimate of drug-likeness (QED) is 0.480. The molecule has 1 aromatic carbocycles. The van der Waals surface area contributed by atoms with Gasteiger partial charge >= 0.3 is 12.1 Å². The van der Waals surface area contributed by atoms with Crippen LogP contribution < -0.4 is 15.2 Å². The number of rotatable bonds is 6. The lowest BCUT2D eigenvalue weighted by atomic mass is 10.1. The molecule has 0 aliphatic rings. The molecule has 0 radical (unpaired) electrons. The van der Waals surface area contributed by atoms with E-state index in [1.54, 1.807) is 30.5 Å². The average Bonchev–Trinajstić information content (AvgIpc) is 3.03. The summed E-state index contributed by atoms with van der Waals surface area (Å²) in [6.07, 6.45) is -1.66. The van der Waals surface area contributed by atoms with Crippen LogP contribution in [0.5, 0.6) is 11.6 Å². The second kappa shape index (κ2) is 7.85. The van der Waals surface area contributed by atoms with Crippen molar-refractivity contribution in [2.75, 3.05) is 6.61 Å². The summed E-state index contributed by atoms with van der Waals surface area (Å²) in [7, 11) is 0. The van der Waals surface area contributed by atoms with Crippen LogP contribution in [0.2, 0.25) is 0 Å². The highest BCUT2D eigenvalue weighted by Gasteiger charge is 2.30. The van der Waals surface area contributed by atoms with Gasteiger partial charge < -0.3 is 9.47 Å². The zero-order chi connectivity index (χ0) is 21.1. The van der Waals surface area contributed by atoms with E-state index in [4.69, 9.17) is 4.74 Å². The Hall–Kier alpha value is -3.89. The lowest BCUT2D eigenvalue weighted by molar-refractivity contribution is -0.274. The highest BCUT2D eigenvalue weighted by atomic mass is 19.4. The van der Waals surface area contributed by atoms with E-state index in [1.807, 2.05) is 0 Å². The average molecular weight is 417 g/mol. The van der Waals surface area contributed by atoms with Gasteiger partial charge in [0.2, 0.25) is 5.88 Å². The molecule has 3 aromatic heterocycles. The van der Waals surface area contributed by atoms with Gasteiger partial charge in [-0.05, 0) is 41.5 Å². The second-order valence-electron chi connectivity index (χ2n) is 6.13. The predicted octanol–water partition coefficient (Wildman–Crippen LogP) is 2.93. The van der Waals surface area contributed by atoms with Gasteiger partial charge in [0.15, 0.2) is 5.65 Å². The molecule has 4 aromatic rings. The van der Waals surface area contributed by atoms with Crippen molar-refractivity contribution in [3.05, 3.63) is 71.4 Å². The molecule has 0 fully saturated rings. The van der Waals surface area contributed by atoms with Gasteiger partial charge in [0, 0.05) is 18.5 Å². The summed E-state index contributed by atoms with van der Waals surface area (Å²) in [6.45, 7) is 0.381. The van der Waals surface area contributed by atoms with Crippen molar-refractivity contribution in [3.63, 3.8) is 0 Å². The summed E-state index contributed by atoms with van der Waals surface area (Å²) >= 11 is 0. The molecule has 0 spiro atoms. The Labute approximate surface area is 167 Å². The summed E-state index contributed by atoms with van der Waals surface area (Å²) in [6, 6.07) is 12.1. The second-order valence-corrected chi connectivity index (χ2v) is 6.13. The van der Waals surface area contributed by atoms with Crippen molar-refractivity contribution in [2.24, 2.45) is 0 Å². The van der Waals surface area contributed by atoms with Gasteiger partial charge in [0.05, 0.1) is 6.54 Å². The van der Waals surface area contributed by atoms with E-state index in [0.29, 0.717) is 22.7 Å². The lowest BCUT2D eigenvalue weighted by Gasteiger charge is -2.09. The van der Waals surface area contributed by atoms with Gasteiger partial charge in [-0.15, -0.1) is 23.4 Å². The molecule has 0 bridgehead atoms. The first-order valence-corrected chi connectivity index (χ1v) is 8.75. The van der Waals surface area contributed by atoms with Crippen LogP contribution >= 0.6 is 0 Å². The standard InChI is InChI=1S/C19H14F3N5O3/c20-19(21,22)30-15-6-3-13(4-7-15)14-5-8-16-25-27(18(28)26(16)12-14)10-11-29-17-2-1-9-23-24-17/h1-9,12H,10-11H2. The molecule has 3 heterocycles. The SMILES string of the molecule is O=c1n(CCOc2cccnn2)nc2ccc(-c3ccc(OC(F)(F)F)cc3)cn12. The Kier molecular flexibility index (Phi) is 5.09. The fourth-order valence-corrected chi connectivity index (χ4v) is 2.78. The number of hydrogen-bond donors (Lipinski definition) is 0. The van der Waals surface area contributed by atoms with Crippen LogP contribution in [0, 0.1) is 0 Å². The number of nitrogens with zero attached hydrogens (tertiary/aromatic N) is 5. The summed E-state index contributed by atoms with van der Waals surface area (Å²) < 4.78 is 48.8. The number of fused-ring (bicyclic) bond motifs is 1. The van der Waals surface area contributed by atoms with Crippen molar-refractivity contribution in [2.45, 2.75) is 12.9 Å². The molecule has 8 nitrogen and oxygen atoms in total. The third-order valence-electron chi connectivity index (χ3n) is 4.10. The number of hydrogen-bond acceptors (Lipinski definition) is 6. The van der Waals surface area contributed by atoms with Gasteiger partial charge in [-0.1, -0.05) is 12.1 Å². The molecular weight excluding hydrogens is 403 g/mol. The summed E-state index contributed by atoms with van der Waals surface area (Å²) in [5.41, 5.74) is 1.32. The molecule has 154 valence electrons. The molecule has 0 amide bonds. The van der Waals surface area contributed by atoms with Crippen molar-refractivity contribution in [3.8, 4) is 22.8 Å². The molecule has 11 heteroatoms. The fourth-order valence-electron chi connectivity index (χ4n) is 2.78. The predicted molar refractivity (Wildman–Crippen MR) is 99.1 cm³/mol.